The van der Waals surface area contributed by atoms with Crippen LogP contribution < -0.4 is 0 Å². The number of amides is 1. The summed E-state index contributed by atoms with van der Waals surface area (Å²) in [7, 11) is 0. The van der Waals surface area contributed by atoms with Gasteiger partial charge in [0.1, 0.15) is 5.82 Å². The smallest absolute Gasteiger partial charge is 0.254 e. The number of benzene rings is 2. The number of hydrogen-bond donors (Lipinski definition) is 0. The van der Waals surface area contributed by atoms with Crippen molar-refractivity contribution in [3.8, 4) is 0 Å². The van der Waals surface area contributed by atoms with Gasteiger partial charge in [0, 0.05) is 61.3 Å². The first-order chi connectivity index (χ1) is 17.1. The number of carbonyl (C=O) groups excluding carboxylic acids is 1. The van der Waals surface area contributed by atoms with Gasteiger partial charge in [0.2, 0.25) is 0 Å². The lowest BCUT2D eigenvalue weighted by molar-refractivity contribution is 0.0704. The van der Waals surface area contributed by atoms with Crippen molar-refractivity contribution in [1.29, 1.82) is 0 Å². The molecule has 1 unspecified atom stereocenters. The van der Waals surface area contributed by atoms with E-state index < -0.39 is 0 Å². The Morgan fingerprint density at radius 1 is 1.03 bits per heavy atom. The molecule has 5 heteroatoms. The van der Waals surface area contributed by atoms with Crippen molar-refractivity contribution in [1.82, 2.24) is 19.4 Å². The molecule has 4 aromatic rings. The molecule has 5 rings (SSSR count). The van der Waals surface area contributed by atoms with Crippen molar-refractivity contribution in [3.05, 3.63) is 119 Å². The maximum absolute atomic E-state index is 13.6. The predicted octanol–water partition coefficient (Wildman–Crippen LogP) is 5.55. The highest BCUT2D eigenvalue weighted by molar-refractivity contribution is 5.95. The zero-order valence-corrected chi connectivity index (χ0v) is 20.5. The van der Waals surface area contributed by atoms with Crippen LogP contribution in [0.1, 0.15) is 63.0 Å². The van der Waals surface area contributed by atoms with Crippen molar-refractivity contribution < 1.29 is 4.79 Å². The second-order valence-electron chi connectivity index (χ2n) is 9.57. The normalized spacial score (nSPS) is 15.8. The molecule has 1 aliphatic rings. The Bertz CT molecular complexity index is 1330. The fraction of sp³-hybridized carbons (Fsp3) is 0.300. The largest absolute Gasteiger partial charge is 0.338 e. The Balaban J connectivity index is 1.32. The van der Waals surface area contributed by atoms with Crippen molar-refractivity contribution in [2.75, 3.05) is 13.1 Å². The van der Waals surface area contributed by atoms with E-state index in [4.69, 9.17) is 4.98 Å². The van der Waals surface area contributed by atoms with Gasteiger partial charge in [0.05, 0.1) is 0 Å². The Hall–Kier alpha value is -3.73. The maximum atomic E-state index is 13.6. The van der Waals surface area contributed by atoms with Crippen LogP contribution in [-0.2, 0) is 13.0 Å². The van der Waals surface area contributed by atoms with Gasteiger partial charge in [0.25, 0.3) is 5.91 Å². The highest BCUT2D eigenvalue weighted by atomic mass is 16.2. The summed E-state index contributed by atoms with van der Waals surface area (Å²) in [5.41, 5.74) is 6.53. The molecule has 0 saturated carbocycles. The zero-order chi connectivity index (χ0) is 24.2. The summed E-state index contributed by atoms with van der Waals surface area (Å²) in [6.07, 6.45) is 6.63. The molecule has 0 aliphatic carbocycles. The lowest BCUT2D eigenvalue weighted by atomic mass is 9.93. The molecule has 0 spiro atoms. The lowest BCUT2D eigenvalue weighted by Crippen LogP contribution is -2.39. The maximum Gasteiger partial charge on any atom is 0.254 e. The summed E-state index contributed by atoms with van der Waals surface area (Å²) in [5, 5.41) is 0. The average molecular weight is 465 g/mol. The van der Waals surface area contributed by atoms with E-state index in [0.29, 0.717) is 13.1 Å². The van der Waals surface area contributed by atoms with Crippen molar-refractivity contribution >= 4 is 5.91 Å². The first kappa shape index (κ1) is 23.0. The van der Waals surface area contributed by atoms with E-state index in [0.717, 1.165) is 54.1 Å². The van der Waals surface area contributed by atoms with Crippen molar-refractivity contribution in [2.45, 2.75) is 45.6 Å². The Labute approximate surface area is 207 Å². The van der Waals surface area contributed by atoms with Crippen LogP contribution >= 0.6 is 0 Å². The Morgan fingerprint density at radius 2 is 1.89 bits per heavy atom. The number of pyridine rings is 1. The van der Waals surface area contributed by atoms with Gasteiger partial charge in [-0.05, 0) is 56.0 Å². The molecule has 2 aromatic carbocycles. The molecule has 1 saturated heterocycles. The molecular weight excluding hydrogens is 432 g/mol. The second kappa shape index (κ2) is 10.3. The fourth-order valence-electron chi connectivity index (χ4n) is 5.05. The first-order valence-corrected chi connectivity index (χ1v) is 12.4. The van der Waals surface area contributed by atoms with Gasteiger partial charge in [0.15, 0.2) is 0 Å². The minimum Gasteiger partial charge on any atom is -0.338 e. The first-order valence-electron chi connectivity index (χ1n) is 12.4. The van der Waals surface area contributed by atoms with Gasteiger partial charge in [-0.25, -0.2) is 4.98 Å². The Morgan fingerprint density at radius 3 is 2.71 bits per heavy atom. The average Bonchev–Trinajstić information content (AvgIpc) is 3.28. The van der Waals surface area contributed by atoms with Gasteiger partial charge >= 0.3 is 0 Å². The quantitative estimate of drug-likeness (QED) is 0.376. The third-order valence-corrected chi connectivity index (χ3v) is 6.94. The number of imidazole rings is 1. The molecule has 5 nitrogen and oxygen atoms in total. The summed E-state index contributed by atoms with van der Waals surface area (Å²) < 4.78 is 2.08. The number of rotatable bonds is 6. The van der Waals surface area contributed by atoms with Crippen LogP contribution in [-0.4, -0.2) is 38.4 Å². The molecule has 1 fully saturated rings. The predicted molar refractivity (Wildman–Crippen MR) is 139 cm³/mol. The number of likely N-dealkylation sites (tertiary alicyclic amines) is 1. The van der Waals surface area contributed by atoms with Crippen molar-refractivity contribution in [3.63, 3.8) is 0 Å². The summed E-state index contributed by atoms with van der Waals surface area (Å²) in [6.45, 7) is 6.25. The molecule has 35 heavy (non-hydrogen) atoms. The Kier molecular flexibility index (Phi) is 6.75. The molecule has 1 atom stereocenters. The minimum absolute atomic E-state index is 0.110. The third kappa shape index (κ3) is 5.35. The molecule has 3 heterocycles. The summed E-state index contributed by atoms with van der Waals surface area (Å²) >= 11 is 0. The monoisotopic (exact) mass is 464 g/mol. The number of hydrogen-bond acceptors (Lipinski definition) is 3. The van der Waals surface area contributed by atoms with Crippen LogP contribution in [0.4, 0.5) is 0 Å². The number of nitrogens with zero attached hydrogens (tertiary/aromatic N) is 4. The van der Waals surface area contributed by atoms with E-state index in [1.165, 1.54) is 11.1 Å². The van der Waals surface area contributed by atoms with Crippen LogP contribution in [0, 0.1) is 13.8 Å². The van der Waals surface area contributed by atoms with Gasteiger partial charge in [-0.15, -0.1) is 0 Å². The molecule has 1 amide bonds. The van der Waals surface area contributed by atoms with E-state index >= 15 is 0 Å². The number of aryl methyl sites for hydroxylation is 2. The SMILES string of the molecule is Cc1cccc(Cc2cccc(C3CCCN(C(=O)c4ccccc4Cn4ccnc4C)C3)n2)c1. The fourth-order valence-corrected chi connectivity index (χ4v) is 5.05. The van der Waals surface area contributed by atoms with E-state index in [1.807, 2.05) is 42.3 Å². The van der Waals surface area contributed by atoms with Crippen LogP contribution in [0.25, 0.3) is 0 Å². The topological polar surface area (TPSA) is 51.0 Å². The lowest BCUT2D eigenvalue weighted by Gasteiger charge is -2.33. The van der Waals surface area contributed by atoms with E-state index in [1.54, 1.807) is 6.20 Å². The van der Waals surface area contributed by atoms with Gasteiger partial charge in [-0.1, -0.05) is 54.1 Å². The van der Waals surface area contributed by atoms with E-state index in [-0.39, 0.29) is 11.8 Å². The third-order valence-electron chi connectivity index (χ3n) is 6.94. The summed E-state index contributed by atoms with van der Waals surface area (Å²) in [4.78, 5) is 25.0. The number of aromatic nitrogens is 3. The van der Waals surface area contributed by atoms with Crippen LogP contribution in [0.5, 0.6) is 0 Å². The highest BCUT2D eigenvalue weighted by Crippen LogP contribution is 2.28. The number of carbonyl (C=O) groups is 1. The van der Waals surface area contributed by atoms with E-state index in [2.05, 4.69) is 58.9 Å². The second-order valence-corrected chi connectivity index (χ2v) is 9.57. The van der Waals surface area contributed by atoms with Crippen LogP contribution in [0.15, 0.2) is 79.1 Å². The minimum atomic E-state index is 0.110. The van der Waals surface area contributed by atoms with Crippen LogP contribution in [0.2, 0.25) is 0 Å². The standard InChI is InChI=1S/C30H32N4O/c1-22-8-5-9-24(18-22)19-27-12-6-14-29(32-27)26-11-7-16-34(21-26)30(35)28-13-4-3-10-25(28)20-33-17-15-31-23(33)2/h3-6,8-10,12-15,17-18,26H,7,11,16,19-21H2,1-2H3. The molecule has 0 bridgehead atoms. The molecular formula is C30H32N4O. The number of piperidine rings is 1. The molecule has 178 valence electrons. The molecule has 1 aliphatic heterocycles. The summed E-state index contributed by atoms with van der Waals surface area (Å²) in [5.74, 6) is 1.31. The van der Waals surface area contributed by atoms with Gasteiger partial charge < -0.3 is 9.47 Å². The van der Waals surface area contributed by atoms with E-state index in [9.17, 15) is 4.79 Å². The highest BCUT2D eigenvalue weighted by Gasteiger charge is 2.27. The zero-order valence-electron chi connectivity index (χ0n) is 20.5. The van der Waals surface area contributed by atoms with Crippen LogP contribution in [0.3, 0.4) is 0 Å². The molecule has 0 radical (unpaired) electrons. The van der Waals surface area contributed by atoms with Gasteiger partial charge in [-0.2, -0.15) is 0 Å². The summed E-state index contributed by atoms with van der Waals surface area (Å²) in [6, 6.07) is 22.9. The van der Waals surface area contributed by atoms with Crippen molar-refractivity contribution in [2.24, 2.45) is 0 Å². The van der Waals surface area contributed by atoms with Gasteiger partial charge in [-0.3, -0.25) is 9.78 Å². The molecule has 2 aromatic heterocycles. The molecule has 0 N–H and O–H groups in total.